The standard InChI is InChI=1S/C26H33N3O7/c1-26(2,3)21-23(31)29-14-17(13-19(29)24(32)33)36-22-18-12-16(8-7-15(18)9-10-27-22)20(30)6-4-5-11-35-25(34)28-21/h7-10,12,17,19-21,30H,4-6,11,13-14H2,1-3H3,(H,28,34)(H,32,33)/t17-,19+,20?,21-/m1/s1. The second-order valence-electron chi connectivity index (χ2n) is 10.5. The molecule has 1 fully saturated rings. The SMILES string of the molecule is CC(C)(C)[C@@H]1NC(=O)OCCCCC(O)c2ccc3ccnc(c3c2)O[C@@H]2C[C@@H](C(=O)O)N(C2)C1=O. The van der Waals surface area contributed by atoms with E-state index in [-0.39, 0.29) is 19.6 Å². The highest BCUT2D eigenvalue weighted by molar-refractivity contribution is 5.91. The Morgan fingerprint density at radius 1 is 1.19 bits per heavy atom. The number of aliphatic hydroxyl groups excluding tert-OH is 1. The summed E-state index contributed by atoms with van der Waals surface area (Å²) < 4.78 is 11.4. The largest absolute Gasteiger partial charge is 0.480 e. The van der Waals surface area contributed by atoms with Crippen molar-refractivity contribution in [2.45, 2.75) is 70.7 Å². The minimum absolute atomic E-state index is 0.0273. The van der Waals surface area contributed by atoms with Crippen molar-refractivity contribution in [2.75, 3.05) is 13.2 Å². The second-order valence-corrected chi connectivity index (χ2v) is 10.5. The topological polar surface area (TPSA) is 138 Å². The van der Waals surface area contributed by atoms with Crippen LogP contribution in [0.15, 0.2) is 30.5 Å². The van der Waals surface area contributed by atoms with Gasteiger partial charge in [0.15, 0.2) is 0 Å². The molecule has 2 amide bonds. The molecule has 10 heteroatoms. The summed E-state index contributed by atoms with van der Waals surface area (Å²) in [7, 11) is 0. The summed E-state index contributed by atoms with van der Waals surface area (Å²) in [5.41, 5.74) is 0.0104. The number of hydrogen-bond acceptors (Lipinski definition) is 7. The fraction of sp³-hybridized carbons (Fsp3) is 0.538. The van der Waals surface area contributed by atoms with Crippen LogP contribution in [0.1, 0.15) is 58.1 Å². The van der Waals surface area contributed by atoms with Gasteiger partial charge in [-0.1, -0.05) is 32.9 Å². The van der Waals surface area contributed by atoms with Crippen LogP contribution in [0, 0.1) is 5.41 Å². The highest BCUT2D eigenvalue weighted by Crippen LogP contribution is 2.32. The molecule has 4 atom stereocenters. The van der Waals surface area contributed by atoms with Gasteiger partial charge in [0.25, 0.3) is 0 Å². The lowest BCUT2D eigenvalue weighted by atomic mass is 9.85. The molecule has 4 bridgehead atoms. The number of carbonyl (C=O) groups excluding carboxylic acids is 2. The van der Waals surface area contributed by atoms with Crippen LogP contribution in [0.25, 0.3) is 10.8 Å². The van der Waals surface area contributed by atoms with Crippen LogP contribution in [0.4, 0.5) is 4.79 Å². The molecule has 0 aliphatic carbocycles. The Bertz CT molecular complexity index is 1150. The summed E-state index contributed by atoms with van der Waals surface area (Å²) in [5.74, 6) is -1.33. The number of aliphatic carboxylic acids is 1. The number of cyclic esters (lactones) is 1. The van der Waals surface area contributed by atoms with Crippen LogP contribution in [-0.4, -0.2) is 69.4 Å². The predicted molar refractivity (Wildman–Crippen MR) is 130 cm³/mol. The number of carbonyl (C=O) groups is 3. The number of carboxylic acids is 1. The van der Waals surface area contributed by atoms with Crippen LogP contribution in [-0.2, 0) is 14.3 Å². The fourth-order valence-electron chi connectivity index (χ4n) is 4.72. The number of carboxylic acid groups (broad SMARTS) is 1. The van der Waals surface area contributed by atoms with E-state index < -0.39 is 47.7 Å². The summed E-state index contributed by atoms with van der Waals surface area (Å²) in [6.07, 6.45) is 1.25. The number of nitrogens with zero attached hydrogens (tertiary/aromatic N) is 2. The van der Waals surface area contributed by atoms with E-state index in [1.54, 1.807) is 27.0 Å². The summed E-state index contributed by atoms with van der Waals surface area (Å²) in [4.78, 5) is 43.8. The van der Waals surface area contributed by atoms with Crippen molar-refractivity contribution in [2.24, 2.45) is 5.41 Å². The summed E-state index contributed by atoms with van der Waals surface area (Å²) in [6, 6.07) is 5.29. The van der Waals surface area contributed by atoms with Crippen molar-refractivity contribution in [3.05, 3.63) is 36.0 Å². The molecule has 4 rings (SSSR count). The summed E-state index contributed by atoms with van der Waals surface area (Å²) in [6.45, 7) is 5.54. The number of hydrogen-bond donors (Lipinski definition) is 3. The van der Waals surface area contributed by atoms with E-state index in [1.165, 1.54) is 4.90 Å². The lowest BCUT2D eigenvalue weighted by Crippen LogP contribution is -2.57. The zero-order valence-corrected chi connectivity index (χ0v) is 20.8. The third kappa shape index (κ3) is 5.53. The Morgan fingerprint density at radius 2 is 1.97 bits per heavy atom. The Hall–Kier alpha value is -3.40. The van der Waals surface area contributed by atoms with Gasteiger partial charge in [0.05, 0.1) is 19.3 Å². The van der Waals surface area contributed by atoms with Crippen LogP contribution in [0.3, 0.4) is 0 Å². The van der Waals surface area contributed by atoms with Gasteiger partial charge in [-0.15, -0.1) is 0 Å². The average molecular weight is 500 g/mol. The minimum atomic E-state index is -1.15. The molecule has 1 unspecified atom stereocenters. The summed E-state index contributed by atoms with van der Waals surface area (Å²) in [5, 5.41) is 24.8. The quantitative estimate of drug-likeness (QED) is 0.544. The molecule has 1 aromatic heterocycles. The summed E-state index contributed by atoms with van der Waals surface area (Å²) >= 11 is 0. The number of fused-ring (bicyclic) bond motifs is 3. The van der Waals surface area contributed by atoms with Crippen molar-refractivity contribution < 1.29 is 34.1 Å². The molecule has 10 nitrogen and oxygen atoms in total. The van der Waals surface area contributed by atoms with E-state index in [9.17, 15) is 24.6 Å². The number of benzene rings is 1. The zero-order chi connectivity index (χ0) is 26.0. The first-order valence-electron chi connectivity index (χ1n) is 12.2. The van der Waals surface area contributed by atoms with Gasteiger partial charge in [-0.25, -0.2) is 14.6 Å². The molecular weight excluding hydrogens is 466 g/mol. The highest BCUT2D eigenvalue weighted by Gasteiger charge is 2.46. The minimum Gasteiger partial charge on any atom is -0.480 e. The van der Waals surface area contributed by atoms with Gasteiger partial charge in [0.1, 0.15) is 18.2 Å². The second kappa shape index (κ2) is 10.3. The first-order chi connectivity index (χ1) is 17.0. The van der Waals surface area contributed by atoms with Crippen LogP contribution in [0.5, 0.6) is 5.88 Å². The first-order valence-corrected chi connectivity index (χ1v) is 12.2. The third-order valence-corrected chi connectivity index (χ3v) is 6.73. The molecule has 1 saturated heterocycles. The zero-order valence-electron chi connectivity index (χ0n) is 20.8. The normalized spacial score (nSPS) is 26.1. The number of ether oxygens (including phenoxy) is 2. The molecule has 0 spiro atoms. The Kier molecular flexibility index (Phi) is 7.35. The van der Waals surface area contributed by atoms with Crippen molar-refractivity contribution in [3.63, 3.8) is 0 Å². The van der Waals surface area contributed by atoms with Crippen LogP contribution in [0.2, 0.25) is 0 Å². The third-order valence-electron chi connectivity index (χ3n) is 6.73. The van der Waals surface area contributed by atoms with Gasteiger partial charge in [-0.2, -0.15) is 0 Å². The van der Waals surface area contributed by atoms with Gasteiger partial charge in [0.2, 0.25) is 11.8 Å². The number of amides is 2. The number of aromatic nitrogens is 1. The van der Waals surface area contributed by atoms with Gasteiger partial charge in [-0.3, -0.25) is 4.79 Å². The first kappa shape index (κ1) is 25.7. The van der Waals surface area contributed by atoms with Crippen LogP contribution >= 0.6 is 0 Å². The van der Waals surface area contributed by atoms with E-state index in [2.05, 4.69) is 10.3 Å². The molecule has 3 N–H and O–H groups in total. The monoisotopic (exact) mass is 499 g/mol. The number of nitrogens with one attached hydrogen (secondary N) is 1. The number of pyridine rings is 1. The molecule has 3 heterocycles. The molecule has 2 aliphatic heterocycles. The van der Waals surface area contributed by atoms with Gasteiger partial charge < -0.3 is 29.9 Å². The van der Waals surface area contributed by atoms with E-state index in [4.69, 9.17) is 9.47 Å². The number of aliphatic hydroxyl groups is 1. The predicted octanol–water partition coefficient (Wildman–Crippen LogP) is 3.03. The van der Waals surface area contributed by atoms with E-state index in [1.807, 2.05) is 24.3 Å². The lowest BCUT2D eigenvalue weighted by Gasteiger charge is -2.34. The average Bonchev–Trinajstić information content (AvgIpc) is 3.25. The molecule has 36 heavy (non-hydrogen) atoms. The van der Waals surface area contributed by atoms with Crippen molar-refractivity contribution in [3.8, 4) is 5.88 Å². The molecule has 194 valence electrons. The number of alkyl carbamates (subject to hydrolysis) is 1. The van der Waals surface area contributed by atoms with E-state index in [0.717, 1.165) is 5.39 Å². The molecule has 2 aliphatic rings. The van der Waals surface area contributed by atoms with Gasteiger partial charge in [-0.05, 0) is 47.8 Å². The highest BCUT2D eigenvalue weighted by atomic mass is 16.5. The fourth-order valence-corrected chi connectivity index (χ4v) is 4.72. The maximum Gasteiger partial charge on any atom is 0.407 e. The van der Waals surface area contributed by atoms with Crippen molar-refractivity contribution >= 4 is 28.7 Å². The molecule has 0 saturated carbocycles. The van der Waals surface area contributed by atoms with Gasteiger partial charge >= 0.3 is 12.1 Å². The van der Waals surface area contributed by atoms with Crippen LogP contribution < -0.4 is 10.1 Å². The van der Waals surface area contributed by atoms with Crippen molar-refractivity contribution in [1.82, 2.24) is 15.2 Å². The molecular formula is C26H33N3O7. The molecule has 1 aromatic carbocycles. The molecule has 0 radical (unpaired) electrons. The van der Waals surface area contributed by atoms with E-state index >= 15 is 0 Å². The van der Waals surface area contributed by atoms with Gasteiger partial charge in [0, 0.05) is 18.0 Å². The number of rotatable bonds is 1. The van der Waals surface area contributed by atoms with E-state index in [0.29, 0.717) is 36.1 Å². The lowest BCUT2D eigenvalue weighted by molar-refractivity contribution is -0.150. The Balaban J connectivity index is 1.71. The maximum absolute atomic E-state index is 13.6. The smallest absolute Gasteiger partial charge is 0.407 e. The van der Waals surface area contributed by atoms with Crippen molar-refractivity contribution in [1.29, 1.82) is 0 Å². The Labute approximate surface area is 209 Å². The maximum atomic E-state index is 13.6. The molecule has 2 aromatic rings. The Morgan fingerprint density at radius 3 is 2.69 bits per heavy atom.